The lowest BCUT2D eigenvalue weighted by Crippen LogP contribution is -2.51. The molecule has 1 aliphatic heterocycles. The second kappa shape index (κ2) is 9.38. The molecule has 160 valence electrons. The molecule has 1 heterocycles. The van der Waals surface area contributed by atoms with E-state index < -0.39 is 22.1 Å². The van der Waals surface area contributed by atoms with Crippen LogP contribution in [0.5, 0.6) is 0 Å². The van der Waals surface area contributed by atoms with Gasteiger partial charge in [0.2, 0.25) is 21.8 Å². The van der Waals surface area contributed by atoms with Gasteiger partial charge < -0.3 is 16.0 Å². The van der Waals surface area contributed by atoms with E-state index in [1.807, 2.05) is 30.3 Å². The lowest BCUT2D eigenvalue weighted by Gasteiger charge is -2.26. The number of carbonyl (C=O) groups excluding carboxylic acids is 2. The second-order valence-electron chi connectivity index (χ2n) is 7.39. The van der Waals surface area contributed by atoms with E-state index in [9.17, 15) is 18.0 Å². The van der Waals surface area contributed by atoms with Crippen molar-refractivity contribution in [3.05, 3.63) is 65.7 Å². The highest BCUT2D eigenvalue weighted by molar-refractivity contribution is 7.89. The van der Waals surface area contributed by atoms with Gasteiger partial charge in [0.1, 0.15) is 6.04 Å². The van der Waals surface area contributed by atoms with Gasteiger partial charge in [-0.1, -0.05) is 42.5 Å². The summed E-state index contributed by atoms with van der Waals surface area (Å²) in [5.41, 5.74) is 7.83. The molecular weight excluding hydrogens is 404 g/mol. The van der Waals surface area contributed by atoms with Crippen molar-refractivity contribution in [2.24, 2.45) is 10.9 Å². The van der Waals surface area contributed by atoms with Gasteiger partial charge in [-0.15, -0.1) is 0 Å². The van der Waals surface area contributed by atoms with E-state index in [-0.39, 0.29) is 23.3 Å². The van der Waals surface area contributed by atoms with E-state index in [2.05, 4.69) is 5.32 Å². The summed E-state index contributed by atoms with van der Waals surface area (Å²) in [6.45, 7) is 0.723. The lowest BCUT2D eigenvalue weighted by atomic mass is 10.1. The topological polar surface area (TPSA) is 136 Å². The summed E-state index contributed by atoms with van der Waals surface area (Å²) in [5, 5.41) is 7.90. The van der Waals surface area contributed by atoms with Gasteiger partial charge in [0.05, 0.1) is 10.9 Å². The zero-order chi connectivity index (χ0) is 21.7. The Morgan fingerprint density at radius 3 is 2.37 bits per heavy atom. The molecule has 30 heavy (non-hydrogen) atoms. The minimum atomic E-state index is -3.75. The van der Waals surface area contributed by atoms with Crippen LogP contribution >= 0.6 is 0 Å². The molecule has 0 radical (unpaired) electrons. The summed E-state index contributed by atoms with van der Waals surface area (Å²) in [7, 11) is -3.75. The Morgan fingerprint density at radius 2 is 1.73 bits per heavy atom. The van der Waals surface area contributed by atoms with Crippen molar-refractivity contribution in [2.75, 3.05) is 6.54 Å². The maximum atomic E-state index is 12.8. The second-order valence-corrected chi connectivity index (χ2v) is 8.95. The average molecular weight is 431 g/mol. The predicted molar refractivity (Wildman–Crippen MR) is 113 cm³/mol. The first-order valence-corrected chi connectivity index (χ1v) is 11.3. The molecule has 0 aliphatic carbocycles. The van der Waals surface area contributed by atoms with Gasteiger partial charge in [0.15, 0.2) is 0 Å². The maximum Gasteiger partial charge on any atom is 0.243 e. The monoisotopic (exact) mass is 430 g/mol. The number of carbonyl (C=O) groups is 2. The van der Waals surface area contributed by atoms with E-state index in [1.165, 1.54) is 12.1 Å². The Bertz CT molecular complexity index is 993. The fourth-order valence-electron chi connectivity index (χ4n) is 3.58. The first-order valence-electron chi connectivity index (χ1n) is 9.75. The largest absolute Gasteiger partial charge is 0.350 e. The van der Waals surface area contributed by atoms with Gasteiger partial charge in [-0.25, -0.2) is 13.6 Å². The summed E-state index contributed by atoms with van der Waals surface area (Å²) < 4.78 is 22.6. The van der Waals surface area contributed by atoms with Crippen LogP contribution in [-0.2, 0) is 32.6 Å². The smallest absolute Gasteiger partial charge is 0.243 e. The van der Waals surface area contributed by atoms with Crippen LogP contribution in [0.2, 0.25) is 0 Å². The normalized spacial score (nSPS) is 17.5. The number of benzene rings is 2. The van der Waals surface area contributed by atoms with Gasteiger partial charge >= 0.3 is 0 Å². The van der Waals surface area contributed by atoms with Crippen molar-refractivity contribution in [1.29, 1.82) is 0 Å². The van der Waals surface area contributed by atoms with Crippen molar-refractivity contribution in [3.8, 4) is 0 Å². The molecule has 0 spiro atoms. The fraction of sp³-hybridized carbons (Fsp3) is 0.333. The minimum absolute atomic E-state index is 0.0116. The number of likely N-dealkylation sites (tertiary alicyclic amines) is 1. The van der Waals surface area contributed by atoms with E-state index in [1.54, 1.807) is 17.0 Å². The predicted octanol–water partition coefficient (Wildman–Crippen LogP) is 0.511. The zero-order valence-electron chi connectivity index (χ0n) is 16.5. The van der Waals surface area contributed by atoms with E-state index >= 15 is 0 Å². The van der Waals surface area contributed by atoms with Crippen molar-refractivity contribution in [3.63, 3.8) is 0 Å². The number of nitrogens with two attached hydrogens (primary N) is 2. The molecule has 2 aromatic rings. The van der Waals surface area contributed by atoms with Crippen LogP contribution in [0, 0.1) is 0 Å². The van der Waals surface area contributed by atoms with Gasteiger partial charge in [0.25, 0.3) is 0 Å². The van der Waals surface area contributed by atoms with Crippen LogP contribution in [0.15, 0.2) is 59.5 Å². The van der Waals surface area contributed by atoms with Crippen LogP contribution in [0.25, 0.3) is 0 Å². The molecule has 9 heteroatoms. The van der Waals surface area contributed by atoms with Gasteiger partial charge in [-0.2, -0.15) is 0 Å². The van der Waals surface area contributed by atoms with Crippen molar-refractivity contribution in [1.82, 2.24) is 10.2 Å². The summed E-state index contributed by atoms with van der Waals surface area (Å²) in [6.07, 6.45) is 1.74. The Kier molecular flexibility index (Phi) is 6.86. The highest BCUT2D eigenvalue weighted by atomic mass is 32.2. The molecule has 2 amide bonds. The average Bonchev–Trinajstić information content (AvgIpc) is 3.21. The zero-order valence-corrected chi connectivity index (χ0v) is 17.3. The highest BCUT2D eigenvalue weighted by Crippen LogP contribution is 2.19. The summed E-state index contributed by atoms with van der Waals surface area (Å²) >= 11 is 0. The first-order chi connectivity index (χ1) is 14.3. The molecule has 0 saturated carbocycles. The Balaban J connectivity index is 1.57. The first kappa shape index (κ1) is 21.9. The van der Waals surface area contributed by atoms with Crippen molar-refractivity contribution in [2.45, 2.75) is 42.8 Å². The summed E-state index contributed by atoms with van der Waals surface area (Å²) in [5.74, 6) is -0.475. The molecule has 0 aromatic heterocycles. The molecule has 1 fully saturated rings. The molecular formula is C21H26N4O4S. The fourth-order valence-corrected chi connectivity index (χ4v) is 4.09. The number of sulfonamides is 1. The Hall–Kier alpha value is -2.75. The van der Waals surface area contributed by atoms with Crippen molar-refractivity contribution >= 4 is 21.8 Å². The number of rotatable bonds is 7. The quantitative estimate of drug-likeness (QED) is 0.588. The molecule has 2 atom stereocenters. The Morgan fingerprint density at radius 1 is 1.07 bits per heavy atom. The van der Waals surface area contributed by atoms with Crippen molar-refractivity contribution < 1.29 is 18.0 Å². The number of nitrogens with one attached hydrogen (secondary N) is 1. The third-order valence-corrected chi connectivity index (χ3v) is 6.10. The molecule has 0 bridgehead atoms. The number of hydrogen-bond donors (Lipinski definition) is 3. The third-order valence-electron chi connectivity index (χ3n) is 5.17. The van der Waals surface area contributed by atoms with E-state index in [0.29, 0.717) is 19.4 Å². The van der Waals surface area contributed by atoms with Crippen LogP contribution in [0.4, 0.5) is 0 Å². The molecule has 3 rings (SSSR count). The number of hydrogen-bond acceptors (Lipinski definition) is 5. The van der Waals surface area contributed by atoms with E-state index in [4.69, 9.17) is 10.9 Å². The Labute approximate surface area is 176 Å². The minimum Gasteiger partial charge on any atom is -0.350 e. The van der Waals surface area contributed by atoms with E-state index in [0.717, 1.165) is 17.5 Å². The lowest BCUT2D eigenvalue weighted by molar-refractivity contribution is -0.139. The SMILES string of the molecule is N[C@@H](Cc1ccccc1)C(=O)N1CCC[C@@H]1C(=O)NCc1ccc(S(N)(=O)=O)cc1. The molecule has 1 saturated heterocycles. The van der Waals surface area contributed by atoms with Gasteiger partial charge in [0, 0.05) is 13.1 Å². The molecule has 0 unspecified atom stereocenters. The number of nitrogens with zero attached hydrogens (tertiary/aromatic N) is 1. The van der Waals surface area contributed by atoms with Crippen LogP contribution in [0.1, 0.15) is 24.0 Å². The summed E-state index contributed by atoms with van der Waals surface area (Å²) in [4.78, 5) is 27.1. The molecule has 2 aromatic carbocycles. The number of amides is 2. The molecule has 8 nitrogen and oxygen atoms in total. The van der Waals surface area contributed by atoms with Gasteiger partial charge in [-0.05, 0) is 42.5 Å². The number of primary sulfonamides is 1. The van der Waals surface area contributed by atoms with Crippen LogP contribution in [-0.4, -0.2) is 43.8 Å². The standard InChI is InChI=1S/C21H26N4O4S/c22-18(13-15-5-2-1-3-6-15)21(27)25-12-4-7-19(25)20(26)24-14-16-8-10-17(11-9-16)30(23,28)29/h1-3,5-6,8-11,18-19H,4,7,12-14,22H2,(H,24,26)(H2,23,28,29)/t18-,19+/m0/s1. The highest BCUT2D eigenvalue weighted by Gasteiger charge is 2.35. The summed E-state index contributed by atoms with van der Waals surface area (Å²) in [6, 6.07) is 14.2. The maximum absolute atomic E-state index is 12.8. The molecule has 1 aliphatic rings. The van der Waals surface area contributed by atoms with Gasteiger partial charge in [-0.3, -0.25) is 9.59 Å². The third kappa shape index (κ3) is 5.44. The van der Waals surface area contributed by atoms with Crippen LogP contribution < -0.4 is 16.2 Å². The van der Waals surface area contributed by atoms with Crippen LogP contribution in [0.3, 0.4) is 0 Å². The molecule has 5 N–H and O–H groups in total.